The molecule has 4 N–H and O–H groups in total. The minimum Gasteiger partial charge on any atom is -0.398 e. The largest absolute Gasteiger partial charge is 0.398 e. The van der Waals surface area contributed by atoms with Crippen molar-refractivity contribution in [3.05, 3.63) is 24.0 Å². The smallest absolute Gasteiger partial charge is 0.255 e. The molecule has 1 unspecified atom stereocenters. The van der Waals surface area contributed by atoms with E-state index in [9.17, 15) is 9.59 Å². The summed E-state index contributed by atoms with van der Waals surface area (Å²) in [6, 6.07) is 0.913. The molecule has 1 atom stereocenters. The van der Waals surface area contributed by atoms with Gasteiger partial charge in [0.25, 0.3) is 5.91 Å². The zero-order valence-corrected chi connectivity index (χ0v) is 9.15. The highest BCUT2D eigenvalue weighted by Gasteiger charge is 2.16. The Labute approximate surface area is 93.2 Å². The van der Waals surface area contributed by atoms with Gasteiger partial charge < -0.3 is 16.4 Å². The van der Waals surface area contributed by atoms with Crippen molar-refractivity contribution >= 4 is 17.5 Å². The third kappa shape index (κ3) is 2.69. The van der Waals surface area contributed by atoms with E-state index < -0.39 is 11.9 Å². The summed E-state index contributed by atoms with van der Waals surface area (Å²) in [5, 5.41) is 4.95. The first-order valence-electron chi connectivity index (χ1n) is 4.78. The number of hydrogen-bond acceptors (Lipinski definition) is 4. The molecule has 0 bridgehead atoms. The van der Waals surface area contributed by atoms with E-state index in [-0.39, 0.29) is 11.5 Å². The summed E-state index contributed by atoms with van der Waals surface area (Å²) in [5.74, 6) is -0.683. The van der Waals surface area contributed by atoms with Gasteiger partial charge in [-0.15, -0.1) is 0 Å². The normalized spacial score (nSPS) is 11.6. The number of nitrogens with zero attached hydrogens (tertiary/aromatic N) is 1. The summed E-state index contributed by atoms with van der Waals surface area (Å²) in [7, 11) is 1.50. The molecule has 16 heavy (non-hydrogen) atoms. The Kier molecular flexibility index (Phi) is 3.82. The van der Waals surface area contributed by atoms with E-state index >= 15 is 0 Å². The van der Waals surface area contributed by atoms with Crippen molar-refractivity contribution in [2.75, 3.05) is 12.8 Å². The number of nitrogens with two attached hydrogens (primary N) is 1. The standard InChI is InChI=1S/C10H14N4O2/c1-6(9(15)12-2)14-10(16)7-5-13-4-3-8(7)11/h3-6H,1-2H3,(H2,11,13)(H,12,15)(H,14,16). The van der Waals surface area contributed by atoms with Gasteiger partial charge >= 0.3 is 0 Å². The fourth-order valence-corrected chi connectivity index (χ4v) is 1.15. The monoisotopic (exact) mass is 222 g/mol. The summed E-state index contributed by atoms with van der Waals surface area (Å²) < 4.78 is 0. The lowest BCUT2D eigenvalue weighted by atomic mass is 10.2. The Morgan fingerprint density at radius 3 is 2.75 bits per heavy atom. The molecule has 0 aliphatic rings. The van der Waals surface area contributed by atoms with Crippen LogP contribution in [-0.2, 0) is 4.79 Å². The number of amides is 2. The van der Waals surface area contributed by atoms with Crippen molar-refractivity contribution in [2.24, 2.45) is 0 Å². The molecule has 1 aromatic heterocycles. The Bertz CT molecular complexity index is 406. The van der Waals surface area contributed by atoms with Gasteiger partial charge in [0.1, 0.15) is 6.04 Å². The van der Waals surface area contributed by atoms with Crippen LogP contribution in [0, 0.1) is 0 Å². The van der Waals surface area contributed by atoms with Crippen LogP contribution in [0.5, 0.6) is 0 Å². The summed E-state index contributed by atoms with van der Waals surface area (Å²) in [4.78, 5) is 26.7. The summed E-state index contributed by atoms with van der Waals surface area (Å²) in [6.45, 7) is 1.59. The Hall–Kier alpha value is -2.11. The van der Waals surface area contributed by atoms with Crippen LogP contribution in [0.1, 0.15) is 17.3 Å². The second-order valence-corrected chi connectivity index (χ2v) is 3.27. The number of likely N-dealkylation sites (N-methyl/N-ethyl adjacent to an activating group) is 1. The number of anilines is 1. The second-order valence-electron chi connectivity index (χ2n) is 3.27. The molecule has 6 heteroatoms. The van der Waals surface area contributed by atoms with Crippen LogP contribution in [0.25, 0.3) is 0 Å². The Morgan fingerprint density at radius 2 is 2.19 bits per heavy atom. The van der Waals surface area contributed by atoms with Gasteiger partial charge in [-0.25, -0.2) is 0 Å². The van der Waals surface area contributed by atoms with E-state index in [1.54, 1.807) is 6.92 Å². The Balaban J connectivity index is 2.73. The molecule has 0 fully saturated rings. The minimum atomic E-state index is -0.614. The van der Waals surface area contributed by atoms with Gasteiger partial charge in [-0.2, -0.15) is 0 Å². The number of hydrogen-bond donors (Lipinski definition) is 3. The second kappa shape index (κ2) is 5.11. The first-order chi connectivity index (χ1) is 7.56. The van der Waals surface area contributed by atoms with Gasteiger partial charge in [0.15, 0.2) is 0 Å². The fourth-order valence-electron chi connectivity index (χ4n) is 1.15. The quantitative estimate of drug-likeness (QED) is 0.644. The predicted molar refractivity (Wildman–Crippen MR) is 59.6 cm³/mol. The maximum absolute atomic E-state index is 11.7. The highest BCUT2D eigenvalue weighted by atomic mass is 16.2. The molecular weight excluding hydrogens is 208 g/mol. The van der Waals surface area contributed by atoms with E-state index in [0.717, 1.165) is 0 Å². The van der Waals surface area contributed by atoms with Gasteiger partial charge in [-0.05, 0) is 13.0 Å². The topological polar surface area (TPSA) is 97.1 Å². The zero-order valence-electron chi connectivity index (χ0n) is 9.15. The van der Waals surface area contributed by atoms with Crippen LogP contribution in [0.4, 0.5) is 5.69 Å². The number of aromatic nitrogens is 1. The van der Waals surface area contributed by atoms with Crippen LogP contribution in [0.3, 0.4) is 0 Å². The molecule has 0 saturated heterocycles. The molecule has 0 aromatic carbocycles. The lowest BCUT2D eigenvalue weighted by Crippen LogP contribution is -2.43. The summed E-state index contributed by atoms with van der Waals surface area (Å²) >= 11 is 0. The van der Waals surface area contributed by atoms with E-state index in [1.165, 1.54) is 25.5 Å². The number of carbonyl (C=O) groups is 2. The molecule has 1 heterocycles. The zero-order chi connectivity index (χ0) is 12.1. The molecule has 0 saturated carbocycles. The lowest BCUT2D eigenvalue weighted by Gasteiger charge is -2.12. The summed E-state index contributed by atoms with van der Waals surface area (Å²) in [5.41, 5.74) is 6.20. The van der Waals surface area contributed by atoms with E-state index in [1.807, 2.05) is 0 Å². The number of carbonyl (C=O) groups excluding carboxylic acids is 2. The molecule has 1 aromatic rings. The lowest BCUT2D eigenvalue weighted by molar-refractivity contribution is -0.122. The average Bonchev–Trinajstić information content (AvgIpc) is 2.28. The molecule has 86 valence electrons. The highest BCUT2D eigenvalue weighted by Crippen LogP contribution is 2.08. The number of nitrogen functional groups attached to an aromatic ring is 1. The molecule has 0 aliphatic heterocycles. The van der Waals surface area contributed by atoms with Crippen LogP contribution in [0.2, 0.25) is 0 Å². The molecule has 0 aliphatic carbocycles. The van der Waals surface area contributed by atoms with Crippen LogP contribution in [-0.4, -0.2) is 29.9 Å². The van der Waals surface area contributed by atoms with Gasteiger partial charge in [0, 0.05) is 25.1 Å². The van der Waals surface area contributed by atoms with Crippen molar-refractivity contribution in [1.82, 2.24) is 15.6 Å². The maximum Gasteiger partial charge on any atom is 0.255 e. The SMILES string of the molecule is CNC(=O)C(C)NC(=O)c1cnccc1N. The number of nitrogens with one attached hydrogen (secondary N) is 2. The first kappa shape index (κ1) is 12.0. The third-order valence-corrected chi connectivity index (χ3v) is 2.09. The molecule has 1 rings (SSSR count). The molecule has 6 nitrogen and oxygen atoms in total. The summed E-state index contributed by atoms with van der Waals surface area (Å²) in [6.07, 6.45) is 2.86. The molecule has 0 radical (unpaired) electrons. The van der Waals surface area contributed by atoms with Crippen molar-refractivity contribution in [3.63, 3.8) is 0 Å². The predicted octanol–water partition coefficient (Wildman–Crippen LogP) is -0.472. The number of pyridine rings is 1. The minimum absolute atomic E-state index is 0.262. The Morgan fingerprint density at radius 1 is 1.50 bits per heavy atom. The van der Waals surface area contributed by atoms with Crippen molar-refractivity contribution in [2.45, 2.75) is 13.0 Å². The molecular formula is C10H14N4O2. The van der Waals surface area contributed by atoms with Crippen LogP contribution < -0.4 is 16.4 Å². The molecule has 2 amide bonds. The van der Waals surface area contributed by atoms with Crippen LogP contribution in [0.15, 0.2) is 18.5 Å². The van der Waals surface area contributed by atoms with E-state index in [4.69, 9.17) is 5.73 Å². The van der Waals surface area contributed by atoms with Gasteiger partial charge in [0.2, 0.25) is 5.91 Å². The first-order valence-corrected chi connectivity index (χ1v) is 4.78. The third-order valence-electron chi connectivity index (χ3n) is 2.09. The van der Waals surface area contributed by atoms with E-state index in [2.05, 4.69) is 15.6 Å². The van der Waals surface area contributed by atoms with Gasteiger partial charge in [-0.3, -0.25) is 14.6 Å². The van der Waals surface area contributed by atoms with E-state index in [0.29, 0.717) is 5.69 Å². The fraction of sp³-hybridized carbons (Fsp3) is 0.300. The van der Waals surface area contributed by atoms with Gasteiger partial charge in [0.05, 0.1) is 5.56 Å². The highest BCUT2D eigenvalue weighted by molar-refractivity contribution is 6.00. The van der Waals surface area contributed by atoms with Crippen molar-refractivity contribution in [3.8, 4) is 0 Å². The van der Waals surface area contributed by atoms with Crippen molar-refractivity contribution < 1.29 is 9.59 Å². The van der Waals surface area contributed by atoms with Crippen molar-refractivity contribution in [1.29, 1.82) is 0 Å². The van der Waals surface area contributed by atoms with Gasteiger partial charge in [-0.1, -0.05) is 0 Å². The molecule has 0 spiro atoms. The average molecular weight is 222 g/mol. The maximum atomic E-state index is 11.7. The van der Waals surface area contributed by atoms with Crippen LogP contribution >= 0.6 is 0 Å². The number of rotatable bonds is 3.